The number of hydrogen-bond acceptors (Lipinski definition) is 3. The number of amides is 1. The van der Waals surface area contributed by atoms with E-state index in [9.17, 15) is 9.18 Å². The fourth-order valence-corrected chi connectivity index (χ4v) is 3.90. The summed E-state index contributed by atoms with van der Waals surface area (Å²) in [6.45, 7) is 0.966. The van der Waals surface area contributed by atoms with E-state index < -0.39 is 0 Å². The highest BCUT2D eigenvalue weighted by Gasteiger charge is 2.31. The summed E-state index contributed by atoms with van der Waals surface area (Å²) in [6, 6.07) is 7.84. The Morgan fingerprint density at radius 1 is 1.35 bits per heavy atom. The smallest absolute Gasteiger partial charge is 0.256 e. The van der Waals surface area contributed by atoms with Crippen molar-refractivity contribution in [1.82, 2.24) is 14.3 Å². The van der Waals surface area contributed by atoms with Crippen LogP contribution < -0.4 is 5.73 Å². The lowest BCUT2D eigenvalue weighted by molar-refractivity contribution is 0.0695. The third kappa shape index (κ3) is 3.06. The molecule has 0 aliphatic carbocycles. The molecule has 3 aromatic rings. The van der Waals surface area contributed by atoms with Crippen molar-refractivity contribution in [2.24, 2.45) is 5.73 Å². The summed E-state index contributed by atoms with van der Waals surface area (Å²) in [7, 11) is 0. The Hall–Kier alpha value is -2.44. The van der Waals surface area contributed by atoms with Gasteiger partial charge in [-0.15, -0.1) is 0 Å². The molecule has 1 aliphatic heterocycles. The number of piperidine rings is 1. The highest BCUT2D eigenvalue weighted by atomic mass is 35.5. The van der Waals surface area contributed by atoms with Gasteiger partial charge in [0.1, 0.15) is 5.82 Å². The van der Waals surface area contributed by atoms with E-state index >= 15 is 0 Å². The Kier molecular flexibility index (Phi) is 4.38. The Morgan fingerprint density at radius 3 is 2.96 bits per heavy atom. The van der Waals surface area contributed by atoms with Crippen LogP contribution in [0.3, 0.4) is 0 Å². The van der Waals surface area contributed by atoms with Crippen LogP contribution in [0, 0.1) is 5.82 Å². The number of nitrogens with zero attached hydrogens (tertiary/aromatic N) is 3. The van der Waals surface area contributed by atoms with Gasteiger partial charge in [-0.1, -0.05) is 11.6 Å². The van der Waals surface area contributed by atoms with Crippen LogP contribution in [-0.4, -0.2) is 39.3 Å². The summed E-state index contributed by atoms with van der Waals surface area (Å²) in [6.07, 6.45) is 5.85. The molecule has 1 amide bonds. The average molecular weight is 373 g/mol. The number of halogens is 2. The van der Waals surface area contributed by atoms with Gasteiger partial charge >= 0.3 is 0 Å². The van der Waals surface area contributed by atoms with Crippen molar-refractivity contribution >= 4 is 23.0 Å². The van der Waals surface area contributed by atoms with Crippen molar-refractivity contribution in [2.75, 3.05) is 13.1 Å². The zero-order valence-corrected chi connectivity index (χ0v) is 14.7. The summed E-state index contributed by atoms with van der Waals surface area (Å²) in [4.78, 5) is 18.8. The van der Waals surface area contributed by atoms with Crippen LogP contribution in [0.5, 0.6) is 0 Å². The minimum Gasteiger partial charge on any atom is -0.337 e. The zero-order chi connectivity index (χ0) is 18.3. The first-order valence-corrected chi connectivity index (χ1v) is 8.82. The number of carbonyl (C=O) groups excluding carboxylic acids is 1. The number of aromatic nitrogens is 2. The molecule has 2 aromatic heterocycles. The molecule has 5 nitrogen and oxygen atoms in total. The monoisotopic (exact) mass is 372 g/mol. The van der Waals surface area contributed by atoms with Crippen molar-refractivity contribution in [2.45, 2.75) is 18.4 Å². The lowest BCUT2D eigenvalue weighted by Crippen LogP contribution is -2.49. The zero-order valence-electron chi connectivity index (χ0n) is 14.0. The van der Waals surface area contributed by atoms with Crippen LogP contribution in [0.25, 0.3) is 5.52 Å². The normalized spacial score (nSPS) is 20.5. The van der Waals surface area contributed by atoms with Crippen molar-refractivity contribution in [3.63, 3.8) is 0 Å². The predicted molar refractivity (Wildman–Crippen MR) is 97.8 cm³/mol. The summed E-state index contributed by atoms with van der Waals surface area (Å²) in [5.41, 5.74) is 8.49. The number of likely N-dealkylation sites (tertiary alicyclic amines) is 1. The molecule has 2 atom stereocenters. The van der Waals surface area contributed by atoms with Crippen molar-refractivity contribution in [1.29, 1.82) is 0 Å². The molecule has 0 radical (unpaired) electrons. The minimum atomic E-state index is -0.370. The molecule has 1 aromatic carbocycles. The number of pyridine rings is 1. The molecule has 134 valence electrons. The largest absolute Gasteiger partial charge is 0.337 e. The Labute approximate surface area is 155 Å². The standard InChI is InChI=1S/C19H18ClFN4O/c20-13-6-12(7-14(21)8-13)15-3-5-24(10-17(15)22)19(26)16-2-1-4-25-11-23-9-18(16)25/h1-2,4,6-9,11,15,17H,3,5,10,22H2/t15-,17+/m0/s1. The molecule has 0 spiro atoms. The van der Waals surface area contributed by atoms with Gasteiger partial charge in [0.15, 0.2) is 0 Å². The molecule has 4 rings (SSSR count). The highest BCUT2D eigenvalue weighted by Crippen LogP contribution is 2.30. The van der Waals surface area contributed by atoms with Gasteiger partial charge in [-0.25, -0.2) is 9.37 Å². The van der Waals surface area contributed by atoms with Crippen LogP contribution in [0.4, 0.5) is 4.39 Å². The molecule has 7 heteroatoms. The lowest BCUT2D eigenvalue weighted by atomic mass is 9.85. The molecule has 1 fully saturated rings. The molecule has 0 bridgehead atoms. The van der Waals surface area contributed by atoms with Crippen LogP contribution in [0.15, 0.2) is 49.1 Å². The fourth-order valence-electron chi connectivity index (χ4n) is 3.67. The van der Waals surface area contributed by atoms with Gasteiger partial charge in [-0.2, -0.15) is 0 Å². The number of nitrogens with two attached hydrogens (primary N) is 1. The third-order valence-corrected chi connectivity index (χ3v) is 5.16. The third-order valence-electron chi connectivity index (χ3n) is 4.94. The summed E-state index contributed by atoms with van der Waals surface area (Å²) < 4.78 is 15.5. The van der Waals surface area contributed by atoms with E-state index in [0.717, 1.165) is 11.1 Å². The second-order valence-corrected chi connectivity index (χ2v) is 7.06. The maximum absolute atomic E-state index is 13.7. The van der Waals surface area contributed by atoms with E-state index in [0.29, 0.717) is 30.1 Å². The maximum Gasteiger partial charge on any atom is 0.256 e. The van der Waals surface area contributed by atoms with E-state index in [1.165, 1.54) is 12.1 Å². The number of hydrogen-bond donors (Lipinski definition) is 1. The van der Waals surface area contributed by atoms with Gasteiger partial charge in [-0.05, 0) is 42.3 Å². The molecule has 3 heterocycles. The van der Waals surface area contributed by atoms with Crippen molar-refractivity contribution < 1.29 is 9.18 Å². The predicted octanol–water partition coefficient (Wildman–Crippen LogP) is 3.08. The highest BCUT2D eigenvalue weighted by molar-refractivity contribution is 6.30. The van der Waals surface area contributed by atoms with Crippen LogP contribution >= 0.6 is 11.6 Å². The van der Waals surface area contributed by atoms with Crippen molar-refractivity contribution in [3.8, 4) is 0 Å². The topological polar surface area (TPSA) is 63.6 Å². The first kappa shape index (κ1) is 17.0. The summed E-state index contributed by atoms with van der Waals surface area (Å²) in [5.74, 6) is -0.467. The molecular formula is C19H18ClFN4O. The first-order valence-electron chi connectivity index (χ1n) is 8.44. The summed E-state index contributed by atoms with van der Waals surface area (Å²) >= 11 is 5.97. The van der Waals surface area contributed by atoms with E-state index in [-0.39, 0.29) is 23.7 Å². The number of rotatable bonds is 2. The first-order chi connectivity index (χ1) is 12.5. The van der Waals surface area contributed by atoms with Gasteiger partial charge in [-0.3, -0.25) is 4.79 Å². The quantitative estimate of drug-likeness (QED) is 0.751. The Bertz CT molecular complexity index is 953. The Morgan fingerprint density at radius 2 is 2.19 bits per heavy atom. The number of imidazole rings is 1. The van der Waals surface area contributed by atoms with Gasteiger partial charge in [0.25, 0.3) is 5.91 Å². The molecular weight excluding hydrogens is 355 g/mol. The van der Waals surface area contributed by atoms with Gasteiger partial charge in [0.2, 0.25) is 0 Å². The summed E-state index contributed by atoms with van der Waals surface area (Å²) in [5, 5.41) is 0.359. The number of benzene rings is 1. The van der Waals surface area contributed by atoms with Crippen LogP contribution in [-0.2, 0) is 0 Å². The second-order valence-electron chi connectivity index (χ2n) is 6.62. The molecule has 26 heavy (non-hydrogen) atoms. The lowest BCUT2D eigenvalue weighted by Gasteiger charge is -2.37. The molecule has 0 saturated carbocycles. The van der Waals surface area contributed by atoms with E-state index in [1.54, 1.807) is 29.6 Å². The molecule has 1 aliphatic rings. The minimum absolute atomic E-state index is 0.0296. The molecule has 0 unspecified atom stereocenters. The van der Waals surface area contributed by atoms with Crippen LogP contribution in [0.2, 0.25) is 5.02 Å². The van der Waals surface area contributed by atoms with Gasteiger partial charge in [0.05, 0.1) is 23.6 Å². The number of fused-ring (bicyclic) bond motifs is 1. The molecule has 1 saturated heterocycles. The average Bonchev–Trinajstić information content (AvgIpc) is 3.08. The SMILES string of the molecule is N[C@@H]1CN(C(=O)c2cccn3cncc23)CC[C@H]1c1cc(F)cc(Cl)c1. The molecule has 2 N–H and O–H groups in total. The number of carbonyl (C=O) groups is 1. The Balaban J connectivity index is 1.55. The fraction of sp³-hybridized carbons (Fsp3) is 0.263. The van der Waals surface area contributed by atoms with E-state index in [2.05, 4.69) is 4.98 Å². The van der Waals surface area contributed by atoms with E-state index in [1.807, 2.05) is 16.7 Å². The van der Waals surface area contributed by atoms with E-state index in [4.69, 9.17) is 17.3 Å². The van der Waals surface area contributed by atoms with Crippen LogP contribution in [0.1, 0.15) is 28.3 Å². The van der Waals surface area contributed by atoms with Gasteiger partial charge < -0.3 is 15.0 Å². The second kappa shape index (κ2) is 6.70. The van der Waals surface area contributed by atoms with Crippen molar-refractivity contribution in [3.05, 3.63) is 71.0 Å². The maximum atomic E-state index is 13.7. The van der Waals surface area contributed by atoms with Gasteiger partial charge in [0, 0.05) is 36.3 Å².